The first-order chi connectivity index (χ1) is 8.70. The molecule has 2 aromatic rings. The number of anilines is 1. The Morgan fingerprint density at radius 2 is 1.89 bits per heavy atom. The van der Waals surface area contributed by atoms with Gasteiger partial charge >= 0.3 is 0 Å². The number of nitrogens with one attached hydrogen (secondary N) is 1. The third-order valence-corrected chi connectivity index (χ3v) is 2.50. The van der Waals surface area contributed by atoms with E-state index >= 15 is 0 Å². The molecule has 4 heteroatoms. The molecule has 1 N–H and O–H groups in total. The number of halogens is 2. The van der Waals surface area contributed by atoms with Crippen molar-refractivity contribution in [3.05, 3.63) is 65.2 Å². The van der Waals surface area contributed by atoms with E-state index < -0.39 is 5.82 Å². The molecule has 0 heterocycles. The minimum atomic E-state index is -0.568. The van der Waals surface area contributed by atoms with Gasteiger partial charge in [-0.2, -0.15) is 5.26 Å². The van der Waals surface area contributed by atoms with Crippen molar-refractivity contribution in [2.24, 2.45) is 0 Å². The van der Waals surface area contributed by atoms with Gasteiger partial charge < -0.3 is 5.32 Å². The number of benzene rings is 2. The Morgan fingerprint density at radius 3 is 2.61 bits per heavy atom. The molecule has 0 amide bonds. The van der Waals surface area contributed by atoms with Gasteiger partial charge in [0.1, 0.15) is 23.3 Å². The Labute approximate surface area is 103 Å². The minimum Gasteiger partial charge on any atom is -0.380 e. The first-order valence-corrected chi connectivity index (χ1v) is 5.37. The number of nitriles is 1. The van der Waals surface area contributed by atoms with Crippen molar-refractivity contribution >= 4 is 5.69 Å². The summed E-state index contributed by atoms with van der Waals surface area (Å²) in [6, 6.07) is 12.3. The van der Waals surface area contributed by atoms with Crippen LogP contribution < -0.4 is 5.32 Å². The molecule has 2 rings (SSSR count). The minimum absolute atomic E-state index is 0.0334. The predicted molar refractivity (Wildman–Crippen MR) is 64.8 cm³/mol. The molecular formula is C14H10F2N2. The van der Waals surface area contributed by atoms with Crippen molar-refractivity contribution in [1.29, 1.82) is 5.26 Å². The van der Waals surface area contributed by atoms with Crippen molar-refractivity contribution in [1.82, 2.24) is 0 Å². The summed E-state index contributed by atoms with van der Waals surface area (Å²) in [5, 5.41) is 11.8. The van der Waals surface area contributed by atoms with E-state index in [1.54, 1.807) is 24.3 Å². The molecule has 2 aromatic carbocycles. The van der Waals surface area contributed by atoms with Crippen LogP contribution in [0.2, 0.25) is 0 Å². The van der Waals surface area contributed by atoms with Crippen LogP contribution in [0.4, 0.5) is 14.5 Å². The Morgan fingerprint density at radius 1 is 1.11 bits per heavy atom. The van der Waals surface area contributed by atoms with E-state index in [0.29, 0.717) is 12.2 Å². The number of hydrogen-bond donors (Lipinski definition) is 1. The van der Waals surface area contributed by atoms with E-state index in [9.17, 15) is 8.78 Å². The van der Waals surface area contributed by atoms with Crippen LogP contribution in [-0.2, 0) is 6.54 Å². The highest BCUT2D eigenvalue weighted by Gasteiger charge is 2.07. The third kappa shape index (κ3) is 2.64. The van der Waals surface area contributed by atoms with Gasteiger partial charge in [0.2, 0.25) is 0 Å². The average molecular weight is 244 g/mol. The van der Waals surface area contributed by atoms with E-state index in [1.165, 1.54) is 24.3 Å². The molecule has 0 unspecified atom stereocenters. The molecule has 0 aliphatic rings. The molecule has 2 nitrogen and oxygen atoms in total. The summed E-state index contributed by atoms with van der Waals surface area (Å²) in [6.07, 6.45) is 0. The smallest absolute Gasteiger partial charge is 0.143 e. The molecule has 0 aliphatic carbocycles. The lowest BCUT2D eigenvalue weighted by molar-refractivity contribution is 0.623. The van der Waals surface area contributed by atoms with Crippen LogP contribution in [0.25, 0.3) is 0 Å². The maximum atomic E-state index is 13.3. The van der Waals surface area contributed by atoms with E-state index in [4.69, 9.17) is 5.26 Å². The molecular weight excluding hydrogens is 234 g/mol. The predicted octanol–water partition coefficient (Wildman–Crippen LogP) is 3.45. The standard InChI is InChI=1S/C14H10F2N2/c15-11-4-1-3-10(7-11)9-18-14-6-2-5-13(16)12(14)8-17/h1-7,18H,9H2. The van der Waals surface area contributed by atoms with Crippen molar-refractivity contribution < 1.29 is 8.78 Å². The summed E-state index contributed by atoms with van der Waals surface area (Å²) in [5.74, 6) is -0.893. The highest BCUT2D eigenvalue weighted by atomic mass is 19.1. The van der Waals surface area contributed by atoms with Crippen molar-refractivity contribution in [2.45, 2.75) is 6.54 Å². The van der Waals surface area contributed by atoms with Crippen LogP contribution in [0.3, 0.4) is 0 Å². The van der Waals surface area contributed by atoms with Crippen molar-refractivity contribution in [3.8, 4) is 6.07 Å². The Hall–Kier alpha value is -2.41. The van der Waals surface area contributed by atoms with Gasteiger partial charge in [-0.15, -0.1) is 0 Å². The lowest BCUT2D eigenvalue weighted by Gasteiger charge is -2.08. The topological polar surface area (TPSA) is 35.8 Å². The van der Waals surface area contributed by atoms with Gasteiger partial charge in [0.25, 0.3) is 0 Å². The van der Waals surface area contributed by atoms with Gasteiger partial charge in [-0.1, -0.05) is 18.2 Å². The number of nitrogens with zero attached hydrogens (tertiary/aromatic N) is 1. The summed E-state index contributed by atoms with van der Waals surface area (Å²) in [6.45, 7) is 0.329. The highest BCUT2D eigenvalue weighted by Crippen LogP contribution is 2.18. The van der Waals surface area contributed by atoms with Crippen molar-refractivity contribution in [2.75, 3.05) is 5.32 Å². The molecule has 0 saturated carbocycles. The second kappa shape index (κ2) is 5.28. The average Bonchev–Trinajstić information content (AvgIpc) is 2.36. The highest BCUT2D eigenvalue weighted by molar-refractivity contribution is 5.58. The fraction of sp³-hybridized carbons (Fsp3) is 0.0714. The van der Waals surface area contributed by atoms with Crippen molar-refractivity contribution in [3.63, 3.8) is 0 Å². The SMILES string of the molecule is N#Cc1c(F)cccc1NCc1cccc(F)c1. The largest absolute Gasteiger partial charge is 0.380 e. The summed E-state index contributed by atoms with van der Waals surface area (Å²) in [4.78, 5) is 0. The van der Waals surface area contributed by atoms with Crippen LogP contribution in [-0.4, -0.2) is 0 Å². The molecule has 0 saturated heterocycles. The van der Waals surface area contributed by atoms with Gasteiger partial charge in [-0.3, -0.25) is 0 Å². The van der Waals surface area contributed by atoms with Gasteiger partial charge in [-0.05, 0) is 29.8 Å². The first-order valence-electron chi connectivity index (χ1n) is 5.37. The fourth-order valence-electron chi connectivity index (χ4n) is 1.63. The first kappa shape index (κ1) is 12.1. The van der Waals surface area contributed by atoms with E-state index in [0.717, 1.165) is 5.56 Å². The van der Waals surface area contributed by atoms with Crippen LogP contribution in [0.15, 0.2) is 42.5 Å². The van der Waals surface area contributed by atoms with E-state index in [-0.39, 0.29) is 11.4 Å². The van der Waals surface area contributed by atoms with Gasteiger partial charge in [0.05, 0.1) is 5.69 Å². The lowest BCUT2D eigenvalue weighted by Crippen LogP contribution is -2.02. The Kier molecular flexibility index (Phi) is 3.54. The van der Waals surface area contributed by atoms with E-state index in [2.05, 4.69) is 5.32 Å². The van der Waals surface area contributed by atoms with Crippen LogP contribution in [0.1, 0.15) is 11.1 Å². The zero-order valence-corrected chi connectivity index (χ0v) is 9.45. The molecule has 0 radical (unpaired) electrons. The normalized spacial score (nSPS) is 9.83. The molecule has 0 spiro atoms. The molecule has 90 valence electrons. The van der Waals surface area contributed by atoms with Gasteiger partial charge in [0, 0.05) is 6.54 Å². The molecule has 0 atom stereocenters. The second-order valence-electron chi connectivity index (χ2n) is 3.76. The monoisotopic (exact) mass is 244 g/mol. The molecule has 0 bridgehead atoms. The van der Waals surface area contributed by atoms with Gasteiger partial charge in [0.15, 0.2) is 0 Å². The maximum absolute atomic E-state index is 13.3. The maximum Gasteiger partial charge on any atom is 0.143 e. The number of hydrogen-bond acceptors (Lipinski definition) is 2. The zero-order valence-electron chi connectivity index (χ0n) is 9.45. The second-order valence-corrected chi connectivity index (χ2v) is 3.76. The zero-order chi connectivity index (χ0) is 13.0. The third-order valence-electron chi connectivity index (χ3n) is 2.50. The lowest BCUT2D eigenvalue weighted by atomic mass is 10.1. The van der Waals surface area contributed by atoms with Gasteiger partial charge in [-0.25, -0.2) is 8.78 Å². The Bertz CT molecular complexity index is 603. The Balaban J connectivity index is 2.16. The molecule has 0 aliphatic heterocycles. The molecule has 18 heavy (non-hydrogen) atoms. The molecule has 0 aromatic heterocycles. The fourth-order valence-corrected chi connectivity index (χ4v) is 1.63. The molecule has 0 fully saturated rings. The number of rotatable bonds is 3. The van der Waals surface area contributed by atoms with Crippen LogP contribution in [0, 0.1) is 23.0 Å². The van der Waals surface area contributed by atoms with Crippen LogP contribution >= 0.6 is 0 Å². The summed E-state index contributed by atoms with van der Waals surface area (Å²) < 4.78 is 26.3. The summed E-state index contributed by atoms with van der Waals surface area (Å²) in [7, 11) is 0. The quantitative estimate of drug-likeness (QED) is 0.897. The summed E-state index contributed by atoms with van der Waals surface area (Å²) in [5.41, 5.74) is 1.10. The summed E-state index contributed by atoms with van der Waals surface area (Å²) >= 11 is 0. The van der Waals surface area contributed by atoms with E-state index in [1.807, 2.05) is 0 Å². The van der Waals surface area contributed by atoms with Crippen LogP contribution in [0.5, 0.6) is 0 Å².